The summed E-state index contributed by atoms with van der Waals surface area (Å²) in [6.07, 6.45) is 4.62. The monoisotopic (exact) mass is 450 g/mol. The van der Waals surface area contributed by atoms with Crippen molar-refractivity contribution >= 4 is 23.5 Å². The van der Waals surface area contributed by atoms with Crippen molar-refractivity contribution in [2.24, 2.45) is 13.0 Å². The van der Waals surface area contributed by atoms with Crippen molar-refractivity contribution in [3.05, 3.63) is 53.6 Å². The summed E-state index contributed by atoms with van der Waals surface area (Å²) in [4.78, 5) is 59.8. The minimum atomic E-state index is -1.20. The Morgan fingerprint density at radius 3 is 2.61 bits per heavy atom. The first-order valence-electron chi connectivity index (χ1n) is 11.5. The van der Waals surface area contributed by atoms with Gasteiger partial charge in [-0.05, 0) is 37.8 Å². The van der Waals surface area contributed by atoms with Crippen LogP contribution < -0.4 is 0 Å². The number of aryl methyl sites for hydroxylation is 2. The average Bonchev–Trinajstić information content (AvgIpc) is 3.34. The molecule has 2 aliphatic rings. The van der Waals surface area contributed by atoms with E-state index in [2.05, 4.69) is 4.98 Å². The van der Waals surface area contributed by atoms with Crippen molar-refractivity contribution in [3.63, 3.8) is 0 Å². The van der Waals surface area contributed by atoms with Gasteiger partial charge in [0.2, 0.25) is 23.5 Å². The number of imide groups is 1. The molecule has 0 radical (unpaired) electrons. The molecule has 3 heterocycles. The second-order valence-electron chi connectivity index (χ2n) is 9.10. The van der Waals surface area contributed by atoms with E-state index in [0.29, 0.717) is 31.8 Å². The van der Waals surface area contributed by atoms with Crippen molar-refractivity contribution in [1.82, 2.24) is 19.4 Å². The van der Waals surface area contributed by atoms with E-state index in [1.165, 1.54) is 4.90 Å². The summed E-state index contributed by atoms with van der Waals surface area (Å²) >= 11 is 0. The zero-order valence-electron chi connectivity index (χ0n) is 19.4. The molecule has 2 unspecified atom stereocenters. The maximum Gasteiger partial charge on any atom is 0.240 e. The van der Waals surface area contributed by atoms with Gasteiger partial charge in [0.05, 0.1) is 5.41 Å². The van der Waals surface area contributed by atoms with Gasteiger partial charge in [0, 0.05) is 57.8 Å². The number of hydrogen-bond acceptors (Lipinski definition) is 5. The molecule has 8 nitrogen and oxygen atoms in total. The Kier molecular flexibility index (Phi) is 6.19. The molecule has 0 bridgehead atoms. The van der Waals surface area contributed by atoms with E-state index >= 15 is 0 Å². The summed E-state index contributed by atoms with van der Waals surface area (Å²) < 4.78 is 1.69. The second-order valence-corrected chi connectivity index (χ2v) is 9.10. The number of piperidine rings is 1. The summed E-state index contributed by atoms with van der Waals surface area (Å²) in [5.74, 6) is -0.769. The third kappa shape index (κ3) is 3.98. The summed E-state index contributed by atoms with van der Waals surface area (Å²) in [6, 6.07) is 7.46. The van der Waals surface area contributed by atoms with Crippen LogP contribution in [0.5, 0.6) is 0 Å². The largest absolute Gasteiger partial charge is 0.342 e. The Labute approximate surface area is 193 Å². The predicted molar refractivity (Wildman–Crippen MR) is 121 cm³/mol. The Hall–Kier alpha value is -3.29. The molecule has 33 heavy (non-hydrogen) atoms. The van der Waals surface area contributed by atoms with Crippen LogP contribution in [0.3, 0.4) is 0 Å². The van der Waals surface area contributed by atoms with Gasteiger partial charge in [0.1, 0.15) is 0 Å². The van der Waals surface area contributed by atoms with Gasteiger partial charge >= 0.3 is 0 Å². The van der Waals surface area contributed by atoms with Crippen LogP contribution in [0, 0.1) is 12.8 Å². The summed E-state index contributed by atoms with van der Waals surface area (Å²) in [5, 5.41) is 0. The van der Waals surface area contributed by atoms with Crippen LogP contribution in [-0.4, -0.2) is 62.5 Å². The SMILES string of the molecule is CCN1C(=O)CC(CC(=O)N2CCCC(C(=O)c3nccn3C)C2)(c2ccccc2C)C1=O. The first-order chi connectivity index (χ1) is 15.8. The molecule has 2 aromatic rings. The first kappa shape index (κ1) is 22.9. The third-order valence-electron chi connectivity index (χ3n) is 7.02. The molecule has 0 aliphatic carbocycles. The minimum absolute atomic E-state index is 0.0142. The molecule has 2 saturated heterocycles. The molecule has 8 heteroatoms. The second kappa shape index (κ2) is 8.92. The third-order valence-corrected chi connectivity index (χ3v) is 7.02. The molecular weight excluding hydrogens is 420 g/mol. The summed E-state index contributed by atoms with van der Waals surface area (Å²) in [5.41, 5.74) is 0.405. The number of likely N-dealkylation sites (N-methyl/N-ethyl adjacent to an activating group) is 1. The number of amides is 3. The van der Waals surface area contributed by atoms with Crippen molar-refractivity contribution in [2.45, 2.75) is 44.9 Å². The molecule has 3 amide bonds. The Morgan fingerprint density at radius 2 is 1.97 bits per heavy atom. The van der Waals surface area contributed by atoms with Gasteiger partial charge in [-0.1, -0.05) is 24.3 Å². The highest BCUT2D eigenvalue weighted by Gasteiger charge is 2.54. The maximum absolute atomic E-state index is 13.5. The molecule has 0 N–H and O–H groups in total. The average molecular weight is 451 g/mol. The lowest BCUT2D eigenvalue weighted by molar-refractivity contribution is -0.143. The number of ketones is 1. The van der Waals surface area contributed by atoms with Gasteiger partial charge in [0.25, 0.3) is 0 Å². The van der Waals surface area contributed by atoms with Crippen LogP contribution in [0.15, 0.2) is 36.7 Å². The normalized spacial score (nSPS) is 23.3. The first-order valence-corrected chi connectivity index (χ1v) is 11.5. The van der Waals surface area contributed by atoms with Gasteiger partial charge in [-0.2, -0.15) is 0 Å². The molecule has 0 saturated carbocycles. The number of carbonyl (C=O) groups excluding carboxylic acids is 4. The lowest BCUT2D eigenvalue weighted by Gasteiger charge is -2.35. The fourth-order valence-electron chi connectivity index (χ4n) is 5.25. The molecule has 4 rings (SSSR count). The molecule has 174 valence electrons. The number of hydrogen-bond donors (Lipinski definition) is 0. The lowest BCUT2D eigenvalue weighted by atomic mass is 9.73. The summed E-state index contributed by atoms with van der Waals surface area (Å²) in [7, 11) is 1.78. The van der Waals surface area contributed by atoms with E-state index in [1.807, 2.05) is 31.2 Å². The van der Waals surface area contributed by atoms with E-state index in [0.717, 1.165) is 11.1 Å². The lowest BCUT2D eigenvalue weighted by Crippen LogP contribution is -2.47. The topological polar surface area (TPSA) is 92.6 Å². The minimum Gasteiger partial charge on any atom is -0.342 e. The molecule has 2 atom stereocenters. The van der Waals surface area contributed by atoms with Gasteiger partial charge in [0.15, 0.2) is 5.82 Å². The van der Waals surface area contributed by atoms with E-state index < -0.39 is 5.41 Å². The number of aromatic nitrogens is 2. The molecule has 0 spiro atoms. The highest BCUT2D eigenvalue weighted by molar-refractivity contribution is 6.11. The number of benzene rings is 1. The van der Waals surface area contributed by atoms with Crippen LogP contribution in [0.4, 0.5) is 0 Å². The molecule has 2 fully saturated rings. The standard InChI is InChI=1S/C25H30N4O4/c1-4-29-21(31)15-25(24(29)33,19-10-6-5-8-17(19)2)14-20(30)28-12-7-9-18(16-28)22(32)23-26-11-13-27(23)3/h5-6,8,10-11,13,18H,4,7,9,12,14-16H2,1-3H3. The predicted octanol–water partition coefficient (Wildman–Crippen LogP) is 2.26. The van der Waals surface area contributed by atoms with Crippen LogP contribution >= 0.6 is 0 Å². The highest BCUT2D eigenvalue weighted by Crippen LogP contribution is 2.42. The summed E-state index contributed by atoms with van der Waals surface area (Å²) in [6.45, 7) is 4.78. The number of imidazole rings is 1. The zero-order chi connectivity index (χ0) is 23.8. The van der Waals surface area contributed by atoms with Crippen molar-refractivity contribution in [3.8, 4) is 0 Å². The molecule has 1 aromatic carbocycles. The number of nitrogens with zero attached hydrogens (tertiary/aromatic N) is 4. The molecule has 2 aliphatic heterocycles. The van der Waals surface area contributed by atoms with E-state index in [4.69, 9.17) is 0 Å². The van der Waals surface area contributed by atoms with E-state index in [1.54, 1.807) is 35.8 Å². The van der Waals surface area contributed by atoms with E-state index in [-0.39, 0.29) is 48.8 Å². The maximum atomic E-state index is 13.5. The van der Waals surface area contributed by atoms with E-state index in [9.17, 15) is 19.2 Å². The quantitative estimate of drug-likeness (QED) is 0.497. The van der Waals surface area contributed by atoms with Gasteiger partial charge in [-0.3, -0.25) is 24.1 Å². The fourth-order valence-corrected chi connectivity index (χ4v) is 5.25. The number of Topliss-reactive ketones (excluding diaryl/α,β-unsaturated/α-hetero) is 1. The van der Waals surface area contributed by atoms with Crippen LogP contribution in [0.2, 0.25) is 0 Å². The fraction of sp³-hybridized carbons (Fsp3) is 0.480. The zero-order valence-corrected chi connectivity index (χ0v) is 19.4. The van der Waals surface area contributed by atoms with Gasteiger partial charge < -0.3 is 9.47 Å². The molecule has 1 aromatic heterocycles. The number of rotatable bonds is 6. The Balaban J connectivity index is 1.60. The van der Waals surface area contributed by atoms with Crippen molar-refractivity contribution in [1.29, 1.82) is 0 Å². The van der Waals surface area contributed by atoms with Crippen LogP contribution in [0.1, 0.15) is 54.4 Å². The van der Waals surface area contributed by atoms with Crippen LogP contribution in [-0.2, 0) is 26.8 Å². The smallest absolute Gasteiger partial charge is 0.240 e. The van der Waals surface area contributed by atoms with Crippen molar-refractivity contribution < 1.29 is 19.2 Å². The van der Waals surface area contributed by atoms with Gasteiger partial charge in [-0.15, -0.1) is 0 Å². The van der Waals surface area contributed by atoms with Gasteiger partial charge in [-0.25, -0.2) is 4.98 Å². The van der Waals surface area contributed by atoms with Crippen molar-refractivity contribution in [2.75, 3.05) is 19.6 Å². The number of likely N-dealkylation sites (tertiary alicyclic amines) is 2. The Morgan fingerprint density at radius 1 is 1.21 bits per heavy atom. The number of carbonyl (C=O) groups is 4. The highest BCUT2D eigenvalue weighted by atomic mass is 16.2. The Bertz CT molecular complexity index is 1110. The van der Waals surface area contributed by atoms with Crippen LogP contribution in [0.25, 0.3) is 0 Å². The molecular formula is C25H30N4O4.